The summed E-state index contributed by atoms with van der Waals surface area (Å²) >= 11 is 11.9. The standard InChI is InChI=1S/C21H17Cl2FN2O/c1-25-12-19-4-2-3-18(26-19)10-15-9-16(22)7-8-21(15)27-13-14-5-6-17(23)11-20(14)24/h2-9,11-12H,10,13H2,1H3. The van der Waals surface area contributed by atoms with Crippen LogP contribution in [0, 0.1) is 5.82 Å². The predicted octanol–water partition coefficient (Wildman–Crippen LogP) is 5.75. The van der Waals surface area contributed by atoms with Gasteiger partial charge in [-0.3, -0.25) is 9.98 Å². The average molecular weight is 403 g/mol. The molecule has 6 heteroatoms. The molecular weight excluding hydrogens is 386 g/mol. The molecule has 0 bridgehead atoms. The molecule has 138 valence electrons. The molecule has 1 aromatic heterocycles. The van der Waals surface area contributed by atoms with E-state index in [1.807, 2.05) is 24.3 Å². The number of halogens is 3. The SMILES string of the molecule is CN=Cc1cccc(Cc2cc(Cl)ccc2OCc2ccc(Cl)cc2F)n1. The van der Waals surface area contributed by atoms with Crippen molar-refractivity contribution in [3.8, 4) is 5.75 Å². The normalized spacial score (nSPS) is 11.1. The van der Waals surface area contributed by atoms with Crippen LogP contribution >= 0.6 is 23.2 Å². The fraction of sp³-hybridized carbons (Fsp3) is 0.143. The highest BCUT2D eigenvalue weighted by Gasteiger charge is 2.10. The zero-order valence-corrected chi connectivity index (χ0v) is 16.1. The predicted molar refractivity (Wildman–Crippen MR) is 108 cm³/mol. The van der Waals surface area contributed by atoms with E-state index in [0.717, 1.165) is 17.0 Å². The zero-order chi connectivity index (χ0) is 19.2. The molecule has 0 aliphatic heterocycles. The van der Waals surface area contributed by atoms with Gasteiger partial charge in [0.2, 0.25) is 0 Å². The Morgan fingerprint density at radius 3 is 2.59 bits per heavy atom. The van der Waals surface area contributed by atoms with Crippen molar-refractivity contribution >= 4 is 29.4 Å². The fourth-order valence-electron chi connectivity index (χ4n) is 2.62. The second-order valence-electron chi connectivity index (χ2n) is 5.89. The maximum absolute atomic E-state index is 14.0. The van der Waals surface area contributed by atoms with Gasteiger partial charge in [0.1, 0.15) is 18.2 Å². The summed E-state index contributed by atoms with van der Waals surface area (Å²) in [5, 5.41) is 0.950. The minimum atomic E-state index is -0.397. The Hall–Kier alpha value is -2.43. The van der Waals surface area contributed by atoms with Crippen LogP contribution in [0.2, 0.25) is 10.0 Å². The summed E-state index contributed by atoms with van der Waals surface area (Å²) in [6.07, 6.45) is 2.23. The average Bonchev–Trinajstić information content (AvgIpc) is 2.63. The number of rotatable bonds is 6. The van der Waals surface area contributed by atoms with Gasteiger partial charge in [-0.2, -0.15) is 0 Å². The first-order valence-electron chi connectivity index (χ1n) is 8.28. The fourth-order valence-corrected chi connectivity index (χ4v) is 2.97. The van der Waals surface area contributed by atoms with E-state index in [0.29, 0.717) is 27.8 Å². The van der Waals surface area contributed by atoms with Crippen LogP contribution in [0.5, 0.6) is 5.75 Å². The molecule has 0 saturated carbocycles. The number of aliphatic imine (C=N–C) groups is 1. The third-order valence-corrected chi connectivity index (χ3v) is 4.35. The summed E-state index contributed by atoms with van der Waals surface area (Å²) in [6.45, 7) is 0.0909. The van der Waals surface area contributed by atoms with Crippen LogP contribution < -0.4 is 4.74 Å². The Kier molecular flexibility index (Phi) is 6.43. The molecule has 0 N–H and O–H groups in total. The van der Waals surface area contributed by atoms with Gasteiger partial charge in [-0.25, -0.2) is 4.39 Å². The number of hydrogen-bond acceptors (Lipinski definition) is 3. The molecule has 0 saturated heterocycles. The van der Waals surface area contributed by atoms with Crippen molar-refractivity contribution in [1.29, 1.82) is 0 Å². The smallest absolute Gasteiger partial charge is 0.131 e. The van der Waals surface area contributed by atoms with Gasteiger partial charge in [0.05, 0.1) is 5.69 Å². The Balaban J connectivity index is 1.81. The number of hydrogen-bond donors (Lipinski definition) is 0. The molecule has 0 aliphatic rings. The van der Waals surface area contributed by atoms with Crippen molar-refractivity contribution in [2.24, 2.45) is 4.99 Å². The minimum Gasteiger partial charge on any atom is -0.489 e. The maximum atomic E-state index is 14.0. The van der Waals surface area contributed by atoms with Gasteiger partial charge < -0.3 is 4.74 Å². The molecule has 3 nitrogen and oxygen atoms in total. The van der Waals surface area contributed by atoms with Crippen molar-refractivity contribution < 1.29 is 9.13 Å². The second-order valence-corrected chi connectivity index (χ2v) is 6.77. The maximum Gasteiger partial charge on any atom is 0.131 e. The molecule has 3 rings (SSSR count). The van der Waals surface area contributed by atoms with Gasteiger partial charge in [0.25, 0.3) is 0 Å². The van der Waals surface area contributed by atoms with Crippen molar-refractivity contribution in [2.75, 3.05) is 7.05 Å². The monoisotopic (exact) mass is 402 g/mol. The van der Waals surface area contributed by atoms with Crippen molar-refractivity contribution in [3.63, 3.8) is 0 Å². The molecule has 0 radical (unpaired) electrons. The van der Waals surface area contributed by atoms with E-state index in [9.17, 15) is 4.39 Å². The van der Waals surface area contributed by atoms with E-state index >= 15 is 0 Å². The molecule has 0 unspecified atom stereocenters. The first-order chi connectivity index (χ1) is 13.0. The van der Waals surface area contributed by atoms with E-state index in [4.69, 9.17) is 27.9 Å². The van der Waals surface area contributed by atoms with E-state index < -0.39 is 5.82 Å². The lowest BCUT2D eigenvalue weighted by Crippen LogP contribution is -2.02. The quantitative estimate of drug-likeness (QED) is 0.492. The molecule has 2 aromatic carbocycles. The molecule has 0 spiro atoms. The Morgan fingerprint density at radius 1 is 1.04 bits per heavy atom. The van der Waals surface area contributed by atoms with Crippen LogP contribution in [0.4, 0.5) is 4.39 Å². The topological polar surface area (TPSA) is 34.5 Å². The number of ether oxygens (including phenoxy) is 1. The molecule has 0 atom stereocenters. The summed E-state index contributed by atoms with van der Waals surface area (Å²) in [6, 6.07) is 15.6. The first-order valence-corrected chi connectivity index (χ1v) is 9.04. The van der Waals surface area contributed by atoms with Crippen molar-refractivity contribution in [1.82, 2.24) is 4.98 Å². The lowest BCUT2D eigenvalue weighted by atomic mass is 10.1. The number of pyridine rings is 1. The summed E-state index contributed by atoms with van der Waals surface area (Å²) in [5.41, 5.74) is 2.94. The minimum absolute atomic E-state index is 0.0909. The zero-order valence-electron chi connectivity index (χ0n) is 14.6. The molecule has 1 heterocycles. The van der Waals surface area contributed by atoms with Gasteiger partial charge in [-0.1, -0.05) is 35.3 Å². The third-order valence-electron chi connectivity index (χ3n) is 3.88. The Bertz CT molecular complexity index is 976. The van der Waals surface area contributed by atoms with Gasteiger partial charge in [-0.15, -0.1) is 0 Å². The van der Waals surface area contributed by atoms with Crippen LogP contribution in [-0.4, -0.2) is 18.2 Å². The van der Waals surface area contributed by atoms with E-state index in [1.54, 1.807) is 37.5 Å². The van der Waals surface area contributed by atoms with Crippen LogP contribution in [0.3, 0.4) is 0 Å². The Labute approximate surface area is 167 Å². The largest absolute Gasteiger partial charge is 0.489 e. The van der Waals surface area contributed by atoms with Gasteiger partial charge in [0, 0.05) is 46.5 Å². The lowest BCUT2D eigenvalue weighted by Gasteiger charge is -2.13. The molecule has 3 aromatic rings. The van der Waals surface area contributed by atoms with E-state index in [-0.39, 0.29) is 6.61 Å². The highest BCUT2D eigenvalue weighted by molar-refractivity contribution is 6.30. The molecular formula is C21H17Cl2FN2O. The molecule has 0 fully saturated rings. The van der Waals surface area contributed by atoms with Gasteiger partial charge in [-0.05, 0) is 42.5 Å². The van der Waals surface area contributed by atoms with Gasteiger partial charge >= 0.3 is 0 Å². The molecule has 27 heavy (non-hydrogen) atoms. The van der Waals surface area contributed by atoms with Crippen LogP contribution in [0.15, 0.2) is 59.6 Å². The first kappa shape index (κ1) is 19.3. The second kappa shape index (κ2) is 8.98. The van der Waals surface area contributed by atoms with E-state index in [2.05, 4.69) is 9.98 Å². The summed E-state index contributed by atoms with van der Waals surface area (Å²) in [4.78, 5) is 8.53. The van der Waals surface area contributed by atoms with Crippen LogP contribution in [0.25, 0.3) is 0 Å². The Morgan fingerprint density at radius 2 is 1.81 bits per heavy atom. The number of benzene rings is 2. The highest BCUT2D eigenvalue weighted by atomic mass is 35.5. The summed E-state index contributed by atoms with van der Waals surface area (Å²) < 4.78 is 19.8. The lowest BCUT2D eigenvalue weighted by molar-refractivity contribution is 0.297. The van der Waals surface area contributed by atoms with Crippen molar-refractivity contribution in [2.45, 2.75) is 13.0 Å². The van der Waals surface area contributed by atoms with Crippen LogP contribution in [-0.2, 0) is 13.0 Å². The number of nitrogens with zero attached hydrogens (tertiary/aromatic N) is 2. The van der Waals surface area contributed by atoms with Crippen molar-refractivity contribution in [3.05, 3.63) is 93.0 Å². The summed E-state index contributed by atoms with van der Waals surface area (Å²) in [7, 11) is 1.70. The van der Waals surface area contributed by atoms with Gasteiger partial charge in [0.15, 0.2) is 0 Å². The third kappa shape index (κ3) is 5.28. The van der Waals surface area contributed by atoms with Crippen LogP contribution in [0.1, 0.15) is 22.5 Å². The number of aromatic nitrogens is 1. The molecule has 0 amide bonds. The van der Waals surface area contributed by atoms with E-state index in [1.165, 1.54) is 6.07 Å². The highest BCUT2D eigenvalue weighted by Crippen LogP contribution is 2.26. The molecule has 0 aliphatic carbocycles. The summed E-state index contributed by atoms with van der Waals surface area (Å²) in [5.74, 6) is 0.233.